The van der Waals surface area contributed by atoms with E-state index in [1.165, 1.54) is 5.56 Å². The van der Waals surface area contributed by atoms with Crippen molar-refractivity contribution in [1.29, 1.82) is 0 Å². The average molecular weight is 406 g/mol. The van der Waals surface area contributed by atoms with Gasteiger partial charge in [-0.15, -0.1) is 0 Å². The van der Waals surface area contributed by atoms with Gasteiger partial charge in [0, 0.05) is 52.0 Å². The number of carbonyl (C=O) groups excluding carboxylic acids is 1. The monoisotopic (exact) mass is 405 g/mol. The van der Waals surface area contributed by atoms with Gasteiger partial charge in [-0.3, -0.25) is 4.79 Å². The van der Waals surface area contributed by atoms with Gasteiger partial charge in [-0.05, 0) is 44.2 Å². The molecule has 1 aliphatic heterocycles. The van der Waals surface area contributed by atoms with Crippen molar-refractivity contribution in [3.8, 4) is 0 Å². The van der Waals surface area contributed by atoms with E-state index in [4.69, 9.17) is 4.98 Å². The molecule has 30 heavy (non-hydrogen) atoms. The molecule has 5 rings (SSSR count). The fourth-order valence-electron chi connectivity index (χ4n) is 4.98. The number of anilines is 1. The van der Waals surface area contributed by atoms with Crippen molar-refractivity contribution >= 4 is 23.0 Å². The molecule has 4 heterocycles. The van der Waals surface area contributed by atoms with Crippen LogP contribution in [-0.4, -0.2) is 62.5 Å². The molecule has 1 unspecified atom stereocenters. The van der Waals surface area contributed by atoms with E-state index in [2.05, 4.69) is 15.0 Å². The molecule has 3 aromatic heterocycles. The summed E-state index contributed by atoms with van der Waals surface area (Å²) in [5.41, 5.74) is 4.35. The molecule has 1 atom stereocenters. The van der Waals surface area contributed by atoms with Gasteiger partial charge >= 0.3 is 0 Å². The minimum absolute atomic E-state index is 0.0370. The van der Waals surface area contributed by atoms with Gasteiger partial charge in [0.05, 0.1) is 11.3 Å². The summed E-state index contributed by atoms with van der Waals surface area (Å²) in [5.74, 6) is 1.62. The largest absolute Gasteiger partial charge is 0.347 e. The number of pyridine rings is 1. The quantitative estimate of drug-likeness (QED) is 0.651. The Morgan fingerprint density at radius 2 is 2.03 bits per heavy atom. The van der Waals surface area contributed by atoms with E-state index in [0.29, 0.717) is 17.6 Å². The number of hydrogen-bond acceptors (Lipinski definition) is 6. The van der Waals surface area contributed by atoms with Gasteiger partial charge in [-0.25, -0.2) is 19.9 Å². The number of fused-ring (bicyclic) bond motifs is 3. The zero-order valence-corrected chi connectivity index (χ0v) is 18.0. The SMILES string of the molecule is Cc1nc2c(C(=O)N3CCCC4(CCc5cnc(N(C)C)nc54)C3)ccnc2n1C. The molecule has 1 fully saturated rings. The number of likely N-dealkylation sites (tertiary alicyclic amines) is 1. The summed E-state index contributed by atoms with van der Waals surface area (Å²) in [4.78, 5) is 35.9. The lowest BCUT2D eigenvalue weighted by molar-refractivity contribution is 0.0635. The first-order chi connectivity index (χ1) is 14.4. The molecule has 8 nitrogen and oxygen atoms in total. The molecule has 1 amide bonds. The van der Waals surface area contributed by atoms with Crippen LogP contribution in [0, 0.1) is 6.92 Å². The third kappa shape index (κ3) is 2.77. The number of aromatic nitrogens is 5. The molecule has 8 heteroatoms. The van der Waals surface area contributed by atoms with Crippen molar-refractivity contribution in [2.24, 2.45) is 7.05 Å². The molecule has 2 aliphatic rings. The summed E-state index contributed by atoms with van der Waals surface area (Å²) >= 11 is 0. The fourth-order valence-corrected chi connectivity index (χ4v) is 4.98. The van der Waals surface area contributed by atoms with E-state index in [9.17, 15) is 4.79 Å². The van der Waals surface area contributed by atoms with Gasteiger partial charge in [0.2, 0.25) is 5.95 Å². The van der Waals surface area contributed by atoms with Crippen molar-refractivity contribution < 1.29 is 4.79 Å². The van der Waals surface area contributed by atoms with E-state index >= 15 is 0 Å². The molecular weight excluding hydrogens is 378 g/mol. The van der Waals surface area contributed by atoms with E-state index in [1.54, 1.807) is 12.3 Å². The van der Waals surface area contributed by atoms with Crippen molar-refractivity contribution in [1.82, 2.24) is 29.4 Å². The normalized spacial score (nSPS) is 20.7. The Morgan fingerprint density at radius 1 is 1.20 bits per heavy atom. The first-order valence-corrected chi connectivity index (χ1v) is 10.5. The molecule has 0 aromatic carbocycles. The van der Waals surface area contributed by atoms with Crippen molar-refractivity contribution in [2.45, 2.75) is 38.0 Å². The summed E-state index contributed by atoms with van der Waals surface area (Å²) in [5, 5.41) is 0. The van der Waals surface area contributed by atoms with Gasteiger partial charge in [0.15, 0.2) is 5.65 Å². The molecule has 0 N–H and O–H groups in total. The van der Waals surface area contributed by atoms with Crippen LogP contribution in [0.1, 0.15) is 46.7 Å². The van der Waals surface area contributed by atoms with Crippen LogP contribution in [0.2, 0.25) is 0 Å². The zero-order chi connectivity index (χ0) is 21.0. The summed E-state index contributed by atoms with van der Waals surface area (Å²) in [6, 6.07) is 1.80. The number of piperidine rings is 1. The van der Waals surface area contributed by atoms with Crippen molar-refractivity contribution in [3.63, 3.8) is 0 Å². The minimum atomic E-state index is -0.0802. The highest BCUT2D eigenvalue weighted by Crippen LogP contribution is 2.44. The smallest absolute Gasteiger partial charge is 0.256 e. The number of rotatable bonds is 2. The Hall–Kier alpha value is -3.03. The third-order valence-corrected chi connectivity index (χ3v) is 6.70. The van der Waals surface area contributed by atoms with Gasteiger partial charge < -0.3 is 14.4 Å². The third-order valence-electron chi connectivity index (χ3n) is 6.70. The second-order valence-corrected chi connectivity index (χ2v) is 8.80. The van der Waals surface area contributed by atoms with Crippen LogP contribution in [-0.2, 0) is 18.9 Å². The minimum Gasteiger partial charge on any atom is -0.347 e. The number of aryl methyl sites for hydroxylation is 3. The molecule has 3 aromatic rings. The van der Waals surface area contributed by atoms with Gasteiger partial charge in [0.25, 0.3) is 5.91 Å². The average Bonchev–Trinajstić information content (AvgIpc) is 3.24. The Bertz CT molecular complexity index is 1150. The van der Waals surface area contributed by atoms with E-state index in [-0.39, 0.29) is 11.3 Å². The second kappa shape index (κ2) is 6.75. The van der Waals surface area contributed by atoms with Crippen LogP contribution in [0.3, 0.4) is 0 Å². The Morgan fingerprint density at radius 3 is 2.83 bits per heavy atom. The highest BCUT2D eigenvalue weighted by molar-refractivity contribution is 6.04. The van der Waals surface area contributed by atoms with Gasteiger partial charge in [-0.2, -0.15) is 0 Å². The molecule has 156 valence electrons. The highest BCUT2D eigenvalue weighted by atomic mass is 16.2. The molecule has 0 radical (unpaired) electrons. The molecular formula is C22H27N7O. The van der Waals surface area contributed by atoms with Crippen LogP contribution in [0.15, 0.2) is 18.5 Å². The molecule has 0 saturated carbocycles. The first kappa shape index (κ1) is 19.0. The van der Waals surface area contributed by atoms with Crippen LogP contribution in [0.4, 0.5) is 5.95 Å². The van der Waals surface area contributed by atoms with Gasteiger partial charge in [0.1, 0.15) is 11.3 Å². The number of nitrogens with zero attached hydrogens (tertiary/aromatic N) is 7. The first-order valence-electron chi connectivity index (χ1n) is 10.5. The second-order valence-electron chi connectivity index (χ2n) is 8.80. The standard InChI is InChI=1S/C22H27N7O/c1-14-25-17-16(7-10-23-19(17)28(14)4)20(30)29-11-5-8-22(13-29)9-6-15-12-24-21(27(2)3)26-18(15)22/h7,10,12H,5-6,8-9,11,13H2,1-4H3. The number of imidazole rings is 1. The number of carbonyl (C=O) groups is 1. The summed E-state index contributed by atoms with van der Waals surface area (Å²) < 4.78 is 1.93. The lowest BCUT2D eigenvalue weighted by atomic mass is 9.77. The topological polar surface area (TPSA) is 80.0 Å². The summed E-state index contributed by atoms with van der Waals surface area (Å²) in [7, 11) is 5.85. The molecule has 0 bridgehead atoms. The van der Waals surface area contributed by atoms with E-state index in [0.717, 1.165) is 55.3 Å². The summed E-state index contributed by atoms with van der Waals surface area (Å²) in [6.45, 7) is 3.39. The Kier molecular flexibility index (Phi) is 4.27. The van der Waals surface area contributed by atoms with Crippen LogP contribution < -0.4 is 4.90 Å². The number of amides is 1. The molecule has 1 saturated heterocycles. The van der Waals surface area contributed by atoms with E-state index in [1.807, 2.05) is 48.6 Å². The Labute approximate surface area is 176 Å². The predicted octanol–water partition coefficient (Wildman–Crippen LogP) is 2.25. The molecule has 1 spiro atoms. The number of hydrogen-bond donors (Lipinski definition) is 0. The zero-order valence-electron chi connectivity index (χ0n) is 18.0. The summed E-state index contributed by atoms with van der Waals surface area (Å²) in [6.07, 6.45) is 7.70. The maximum atomic E-state index is 13.6. The van der Waals surface area contributed by atoms with Crippen LogP contribution >= 0.6 is 0 Å². The van der Waals surface area contributed by atoms with Crippen molar-refractivity contribution in [3.05, 3.63) is 41.1 Å². The van der Waals surface area contributed by atoms with Crippen LogP contribution in [0.25, 0.3) is 11.2 Å². The van der Waals surface area contributed by atoms with E-state index < -0.39 is 0 Å². The Balaban J connectivity index is 1.50. The van der Waals surface area contributed by atoms with Gasteiger partial charge in [-0.1, -0.05) is 0 Å². The lowest BCUT2D eigenvalue weighted by Crippen LogP contribution is -2.48. The van der Waals surface area contributed by atoms with Crippen LogP contribution in [0.5, 0.6) is 0 Å². The highest BCUT2D eigenvalue weighted by Gasteiger charge is 2.45. The maximum Gasteiger partial charge on any atom is 0.256 e. The fraction of sp³-hybridized carbons (Fsp3) is 0.500. The lowest BCUT2D eigenvalue weighted by Gasteiger charge is -2.40. The predicted molar refractivity (Wildman–Crippen MR) is 115 cm³/mol. The van der Waals surface area contributed by atoms with Crippen molar-refractivity contribution in [2.75, 3.05) is 32.1 Å². The molecule has 1 aliphatic carbocycles. The maximum absolute atomic E-state index is 13.6.